The van der Waals surface area contributed by atoms with E-state index in [1.807, 2.05) is 30.3 Å². The first-order valence-corrected chi connectivity index (χ1v) is 5.99. The lowest BCUT2D eigenvalue weighted by molar-refractivity contribution is 0.311. The number of aromatic nitrogens is 4. The Morgan fingerprint density at radius 1 is 1.15 bits per heavy atom. The minimum atomic E-state index is 0. The Labute approximate surface area is 121 Å². The van der Waals surface area contributed by atoms with Gasteiger partial charge in [-0.05, 0) is 12.1 Å². The second-order valence-corrected chi connectivity index (χ2v) is 4.00. The summed E-state index contributed by atoms with van der Waals surface area (Å²) < 4.78 is 1.77. The summed E-state index contributed by atoms with van der Waals surface area (Å²) in [4.78, 5) is 8.44. The molecule has 3 aromatic rings. The molecule has 0 spiro atoms. The van der Waals surface area contributed by atoms with Crippen LogP contribution in [0.5, 0.6) is 0 Å². The van der Waals surface area contributed by atoms with Crippen molar-refractivity contribution in [1.82, 2.24) is 19.7 Å². The minimum Gasteiger partial charge on any atom is -0.395 e. The molecule has 2 heterocycles. The number of hydrogen-bond acceptors (Lipinski definition) is 5. The molecule has 3 rings (SSSR count). The lowest BCUT2D eigenvalue weighted by Crippen LogP contribution is -2.07. The zero-order chi connectivity index (χ0) is 13.1. The van der Waals surface area contributed by atoms with Gasteiger partial charge in [-0.3, -0.25) is 0 Å². The van der Waals surface area contributed by atoms with Gasteiger partial charge in [0.05, 0.1) is 23.9 Å². The fourth-order valence-corrected chi connectivity index (χ4v) is 1.92. The molecule has 0 bridgehead atoms. The van der Waals surface area contributed by atoms with Crippen molar-refractivity contribution in [3.63, 3.8) is 0 Å². The van der Waals surface area contributed by atoms with E-state index in [4.69, 9.17) is 5.11 Å². The molecule has 0 saturated carbocycles. The third-order valence-corrected chi connectivity index (χ3v) is 2.77. The maximum absolute atomic E-state index is 8.86. The number of benzene rings is 1. The first kappa shape index (κ1) is 14.2. The SMILES string of the molecule is Cl.OCCNc1ncnc2c1cnn2-c1ccccc1. The standard InChI is InChI=1S/C13H13N5O.ClH/c19-7-6-14-12-11-8-17-18(13(11)16-9-15-12)10-4-2-1-3-5-10;/h1-5,8-9,19H,6-7H2,(H,14,15,16);1H. The van der Waals surface area contributed by atoms with Crippen LogP contribution in [0, 0.1) is 0 Å². The highest BCUT2D eigenvalue weighted by molar-refractivity contribution is 5.87. The highest BCUT2D eigenvalue weighted by Crippen LogP contribution is 2.21. The fourth-order valence-electron chi connectivity index (χ4n) is 1.92. The maximum atomic E-state index is 8.86. The second kappa shape index (κ2) is 6.31. The van der Waals surface area contributed by atoms with Crippen LogP contribution >= 0.6 is 12.4 Å². The van der Waals surface area contributed by atoms with Crippen LogP contribution in [-0.4, -0.2) is 38.0 Å². The summed E-state index contributed by atoms with van der Waals surface area (Å²) in [7, 11) is 0. The Kier molecular flexibility index (Phi) is 4.49. The maximum Gasteiger partial charge on any atom is 0.168 e. The predicted molar refractivity (Wildman–Crippen MR) is 79.5 cm³/mol. The largest absolute Gasteiger partial charge is 0.395 e. The van der Waals surface area contributed by atoms with Crippen molar-refractivity contribution in [3.8, 4) is 5.69 Å². The number of nitrogens with zero attached hydrogens (tertiary/aromatic N) is 4. The van der Waals surface area contributed by atoms with Gasteiger partial charge < -0.3 is 10.4 Å². The molecule has 0 fully saturated rings. The molecule has 0 unspecified atom stereocenters. The van der Waals surface area contributed by atoms with Gasteiger partial charge in [0.15, 0.2) is 5.65 Å². The lowest BCUT2D eigenvalue weighted by atomic mass is 10.3. The Bertz CT molecular complexity index is 686. The zero-order valence-corrected chi connectivity index (χ0v) is 11.4. The van der Waals surface area contributed by atoms with Gasteiger partial charge >= 0.3 is 0 Å². The minimum absolute atomic E-state index is 0. The van der Waals surface area contributed by atoms with Crippen LogP contribution in [0.25, 0.3) is 16.7 Å². The van der Waals surface area contributed by atoms with Crippen LogP contribution in [0.3, 0.4) is 0 Å². The Morgan fingerprint density at radius 2 is 1.95 bits per heavy atom. The van der Waals surface area contributed by atoms with Gasteiger partial charge in [0, 0.05) is 6.54 Å². The van der Waals surface area contributed by atoms with Crippen molar-refractivity contribution in [2.24, 2.45) is 0 Å². The van der Waals surface area contributed by atoms with Crippen molar-refractivity contribution in [1.29, 1.82) is 0 Å². The van der Waals surface area contributed by atoms with Crippen molar-refractivity contribution >= 4 is 29.3 Å². The average Bonchev–Trinajstić information content (AvgIpc) is 2.90. The number of aliphatic hydroxyl groups excluding tert-OH is 1. The smallest absolute Gasteiger partial charge is 0.168 e. The summed E-state index contributed by atoms with van der Waals surface area (Å²) in [6, 6.07) is 9.80. The third kappa shape index (κ3) is 2.56. The summed E-state index contributed by atoms with van der Waals surface area (Å²) in [5, 5.41) is 17.1. The highest BCUT2D eigenvalue weighted by Gasteiger charge is 2.10. The molecular weight excluding hydrogens is 278 g/mol. The van der Waals surface area contributed by atoms with Crippen LogP contribution in [0.4, 0.5) is 5.82 Å². The van der Waals surface area contributed by atoms with Gasteiger partial charge in [-0.25, -0.2) is 14.6 Å². The number of fused-ring (bicyclic) bond motifs is 1. The van der Waals surface area contributed by atoms with Crippen molar-refractivity contribution in [2.45, 2.75) is 0 Å². The number of rotatable bonds is 4. The van der Waals surface area contributed by atoms with E-state index >= 15 is 0 Å². The van der Waals surface area contributed by atoms with Gasteiger partial charge in [-0.15, -0.1) is 12.4 Å². The highest BCUT2D eigenvalue weighted by atomic mass is 35.5. The molecule has 7 heteroatoms. The quantitative estimate of drug-likeness (QED) is 0.764. The molecule has 1 aromatic carbocycles. The van der Waals surface area contributed by atoms with E-state index in [0.29, 0.717) is 12.4 Å². The fraction of sp³-hybridized carbons (Fsp3) is 0.154. The topological polar surface area (TPSA) is 75.9 Å². The second-order valence-electron chi connectivity index (χ2n) is 4.00. The average molecular weight is 292 g/mol. The van der Waals surface area contributed by atoms with E-state index < -0.39 is 0 Å². The number of para-hydroxylation sites is 1. The van der Waals surface area contributed by atoms with Gasteiger partial charge in [0.2, 0.25) is 0 Å². The van der Waals surface area contributed by atoms with E-state index in [0.717, 1.165) is 16.7 Å². The molecule has 6 nitrogen and oxygen atoms in total. The molecule has 0 aliphatic rings. The van der Waals surface area contributed by atoms with Crippen molar-refractivity contribution in [2.75, 3.05) is 18.5 Å². The van der Waals surface area contributed by atoms with E-state index in [2.05, 4.69) is 20.4 Å². The normalized spacial score (nSPS) is 10.2. The van der Waals surface area contributed by atoms with Crippen LogP contribution < -0.4 is 5.32 Å². The number of hydrogen-bond donors (Lipinski definition) is 2. The van der Waals surface area contributed by atoms with E-state index in [1.165, 1.54) is 6.33 Å². The molecule has 0 aliphatic carbocycles. The van der Waals surface area contributed by atoms with Gasteiger partial charge in [0.25, 0.3) is 0 Å². The molecule has 0 atom stereocenters. The first-order chi connectivity index (χ1) is 9.40. The summed E-state index contributed by atoms with van der Waals surface area (Å²) >= 11 is 0. The van der Waals surface area contributed by atoms with Gasteiger partial charge in [0.1, 0.15) is 12.1 Å². The first-order valence-electron chi connectivity index (χ1n) is 5.99. The molecule has 2 N–H and O–H groups in total. The van der Waals surface area contributed by atoms with Gasteiger partial charge in [-0.2, -0.15) is 5.10 Å². The molecule has 0 amide bonds. The van der Waals surface area contributed by atoms with E-state index in [9.17, 15) is 0 Å². The number of halogens is 1. The third-order valence-electron chi connectivity index (χ3n) is 2.77. The lowest BCUT2D eigenvalue weighted by Gasteiger charge is -2.05. The monoisotopic (exact) mass is 291 g/mol. The molecule has 0 aliphatic heterocycles. The number of anilines is 1. The van der Waals surface area contributed by atoms with E-state index in [-0.39, 0.29) is 19.0 Å². The summed E-state index contributed by atoms with van der Waals surface area (Å²) in [5.41, 5.74) is 1.69. The van der Waals surface area contributed by atoms with Crippen LogP contribution in [-0.2, 0) is 0 Å². The zero-order valence-electron chi connectivity index (χ0n) is 10.6. The summed E-state index contributed by atoms with van der Waals surface area (Å²) in [6.45, 7) is 0.501. The Hall–Kier alpha value is -2.18. The molecule has 20 heavy (non-hydrogen) atoms. The molecule has 104 valence electrons. The van der Waals surface area contributed by atoms with Crippen molar-refractivity contribution in [3.05, 3.63) is 42.9 Å². The summed E-state index contributed by atoms with van der Waals surface area (Å²) in [5.74, 6) is 0.682. The molecule has 0 radical (unpaired) electrons. The predicted octanol–water partition coefficient (Wildman–Crippen LogP) is 1.64. The Balaban J connectivity index is 0.00000147. The Morgan fingerprint density at radius 3 is 2.70 bits per heavy atom. The van der Waals surface area contributed by atoms with Crippen LogP contribution in [0.2, 0.25) is 0 Å². The van der Waals surface area contributed by atoms with Crippen LogP contribution in [0.15, 0.2) is 42.9 Å². The number of aliphatic hydroxyl groups is 1. The van der Waals surface area contributed by atoms with Crippen molar-refractivity contribution < 1.29 is 5.11 Å². The molecular formula is C13H14ClN5O. The van der Waals surface area contributed by atoms with E-state index in [1.54, 1.807) is 10.9 Å². The number of nitrogens with one attached hydrogen (secondary N) is 1. The van der Waals surface area contributed by atoms with Crippen LogP contribution in [0.1, 0.15) is 0 Å². The molecule has 0 saturated heterocycles. The molecule has 2 aromatic heterocycles. The van der Waals surface area contributed by atoms with Gasteiger partial charge in [-0.1, -0.05) is 18.2 Å². The summed E-state index contributed by atoms with van der Waals surface area (Å²) in [6.07, 6.45) is 3.21.